The van der Waals surface area contributed by atoms with Crippen molar-refractivity contribution in [2.24, 2.45) is 0 Å². The zero-order chi connectivity index (χ0) is 12.3. The molecule has 94 valence electrons. The van der Waals surface area contributed by atoms with Gasteiger partial charge in [0.15, 0.2) is 0 Å². The predicted molar refractivity (Wildman–Crippen MR) is 71.8 cm³/mol. The molecule has 0 aromatic heterocycles. The third-order valence-corrected chi connectivity index (χ3v) is 3.83. The van der Waals surface area contributed by atoms with Gasteiger partial charge in [-0.3, -0.25) is 0 Å². The fraction of sp³-hybridized carbons (Fsp3) is 0.571. The molecule has 0 bridgehead atoms. The molecule has 0 spiro atoms. The van der Waals surface area contributed by atoms with Crippen LogP contribution >= 0.6 is 11.6 Å². The van der Waals surface area contributed by atoms with Gasteiger partial charge in [0.25, 0.3) is 0 Å². The van der Waals surface area contributed by atoms with Gasteiger partial charge in [-0.1, -0.05) is 24.9 Å². The summed E-state index contributed by atoms with van der Waals surface area (Å²) in [6, 6.07) is 5.90. The van der Waals surface area contributed by atoms with Gasteiger partial charge < -0.3 is 10.1 Å². The average molecular weight is 254 g/mol. The number of nitrogens with one attached hydrogen (secondary N) is 1. The van der Waals surface area contributed by atoms with E-state index in [1.54, 1.807) is 7.11 Å². The fourth-order valence-electron chi connectivity index (χ4n) is 2.87. The first kappa shape index (κ1) is 12.7. The summed E-state index contributed by atoms with van der Waals surface area (Å²) in [7, 11) is 1.72. The van der Waals surface area contributed by atoms with E-state index in [2.05, 4.69) is 12.2 Å². The van der Waals surface area contributed by atoms with E-state index in [1.165, 1.54) is 12.0 Å². The minimum Gasteiger partial charge on any atom is -0.496 e. The molecule has 17 heavy (non-hydrogen) atoms. The summed E-state index contributed by atoms with van der Waals surface area (Å²) in [5.41, 5.74) is 1.28. The minimum absolute atomic E-state index is 0.0605. The van der Waals surface area contributed by atoms with Crippen LogP contribution in [-0.2, 0) is 5.54 Å². The van der Waals surface area contributed by atoms with Gasteiger partial charge in [0.2, 0.25) is 0 Å². The molecule has 1 aromatic carbocycles. The Hall–Kier alpha value is -0.730. The van der Waals surface area contributed by atoms with Gasteiger partial charge in [0.1, 0.15) is 5.75 Å². The highest BCUT2D eigenvalue weighted by Gasteiger charge is 2.36. The van der Waals surface area contributed by atoms with E-state index in [4.69, 9.17) is 16.3 Å². The lowest BCUT2D eigenvalue weighted by Gasteiger charge is -2.31. The van der Waals surface area contributed by atoms with Crippen molar-refractivity contribution in [1.29, 1.82) is 0 Å². The van der Waals surface area contributed by atoms with E-state index < -0.39 is 0 Å². The monoisotopic (exact) mass is 253 g/mol. The van der Waals surface area contributed by atoms with Crippen molar-refractivity contribution in [1.82, 2.24) is 5.32 Å². The zero-order valence-electron chi connectivity index (χ0n) is 10.6. The van der Waals surface area contributed by atoms with Crippen molar-refractivity contribution in [2.75, 3.05) is 13.7 Å². The van der Waals surface area contributed by atoms with Crippen LogP contribution in [0.1, 0.15) is 38.2 Å². The molecule has 1 N–H and O–H groups in total. The molecule has 0 radical (unpaired) electrons. The summed E-state index contributed by atoms with van der Waals surface area (Å²) in [4.78, 5) is 0. The average Bonchev–Trinajstić information content (AvgIpc) is 2.79. The van der Waals surface area contributed by atoms with Crippen molar-refractivity contribution < 1.29 is 4.74 Å². The molecule has 1 unspecified atom stereocenters. The Balaban J connectivity index is 2.44. The Labute approximate surface area is 108 Å². The molecule has 0 amide bonds. The number of halogens is 1. The molecule has 2 nitrogen and oxygen atoms in total. The topological polar surface area (TPSA) is 21.3 Å². The second-order valence-corrected chi connectivity index (χ2v) is 5.14. The number of rotatable bonds is 4. The van der Waals surface area contributed by atoms with Gasteiger partial charge in [-0.25, -0.2) is 0 Å². The van der Waals surface area contributed by atoms with Gasteiger partial charge in [0, 0.05) is 16.1 Å². The Kier molecular flexibility index (Phi) is 3.95. The first-order chi connectivity index (χ1) is 8.22. The first-order valence-electron chi connectivity index (χ1n) is 6.31. The van der Waals surface area contributed by atoms with Gasteiger partial charge >= 0.3 is 0 Å². The Morgan fingerprint density at radius 1 is 1.47 bits per heavy atom. The lowest BCUT2D eigenvalue weighted by Crippen LogP contribution is -2.37. The minimum atomic E-state index is 0.0605. The maximum Gasteiger partial charge on any atom is 0.124 e. The summed E-state index contributed by atoms with van der Waals surface area (Å²) in [6.45, 7) is 3.30. The Morgan fingerprint density at radius 3 is 2.88 bits per heavy atom. The van der Waals surface area contributed by atoms with E-state index in [9.17, 15) is 0 Å². The predicted octanol–water partition coefficient (Wildman–Crippen LogP) is 3.73. The normalized spacial score (nSPS) is 23.9. The van der Waals surface area contributed by atoms with Crippen LogP contribution in [0.3, 0.4) is 0 Å². The molecule has 0 aliphatic carbocycles. The van der Waals surface area contributed by atoms with Gasteiger partial charge in [0.05, 0.1) is 7.11 Å². The first-order valence-corrected chi connectivity index (χ1v) is 6.69. The van der Waals surface area contributed by atoms with Gasteiger partial charge in [-0.05, 0) is 44.0 Å². The molecular formula is C14H20ClNO. The van der Waals surface area contributed by atoms with Crippen LogP contribution in [-0.4, -0.2) is 13.7 Å². The maximum absolute atomic E-state index is 6.13. The number of methoxy groups -OCH3 is 1. The summed E-state index contributed by atoms with van der Waals surface area (Å²) in [5.74, 6) is 0.942. The summed E-state index contributed by atoms with van der Waals surface area (Å²) >= 11 is 6.13. The fourth-order valence-corrected chi connectivity index (χ4v) is 3.04. The van der Waals surface area contributed by atoms with Crippen LogP contribution in [0.4, 0.5) is 0 Å². The molecule has 1 saturated heterocycles. The summed E-state index contributed by atoms with van der Waals surface area (Å²) in [5, 5.41) is 4.43. The lowest BCUT2D eigenvalue weighted by atomic mass is 9.83. The molecule has 1 atom stereocenters. The molecule has 1 heterocycles. The van der Waals surface area contributed by atoms with Crippen LogP contribution in [0.5, 0.6) is 5.75 Å². The Bertz CT molecular complexity index is 386. The van der Waals surface area contributed by atoms with Crippen molar-refractivity contribution in [3.63, 3.8) is 0 Å². The van der Waals surface area contributed by atoms with Crippen molar-refractivity contribution in [3.8, 4) is 5.75 Å². The quantitative estimate of drug-likeness (QED) is 0.883. The maximum atomic E-state index is 6.13. The van der Waals surface area contributed by atoms with E-state index >= 15 is 0 Å². The molecule has 2 rings (SSSR count). The largest absolute Gasteiger partial charge is 0.496 e. The van der Waals surface area contributed by atoms with Crippen LogP contribution in [0, 0.1) is 0 Å². The molecular weight excluding hydrogens is 234 g/mol. The van der Waals surface area contributed by atoms with E-state index in [0.29, 0.717) is 0 Å². The second kappa shape index (κ2) is 5.28. The van der Waals surface area contributed by atoms with Crippen molar-refractivity contribution in [3.05, 3.63) is 28.8 Å². The van der Waals surface area contributed by atoms with Gasteiger partial charge in [-0.15, -0.1) is 0 Å². The van der Waals surface area contributed by atoms with Crippen LogP contribution < -0.4 is 10.1 Å². The SMILES string of the molecule is CCCC1(c2cc(Cl)ccc2OC)CCCN1. The van der Waals surface area contributed by atoms with Crippen molar-refractivity contribution in [2.45, 2.75) is 38.1 Å². The van der Waals surface area contributed by atoms with E-state index in [0.717, 1.165) is 36.6 Å². The number of ether oxygens (including phenoxy) is 1. The van der Waals surface area contributed by atoms with Gasteiger partial charge in [-0.2, -0.15) is 0 Å². The highest BCUT2D eigenvalue weighted by molar-refractivity contribution is 6.30. The second-order valence-electron chi connectivity index (χ2n) is 4.71. The molecule has 1 aliphatic heterocycles. The zero-order valence-corrected chi connectivity index (χ0v) is 11.3. The molecule has 1 aromatic rings. The molecule has 3 heteroatoms. The standard InChI is InChI=1S/C14H20ClNO/c1-3-7-14(8-4-9-16-14)12-10-11(15)5-6-13(12)17-2/h5-6,10,16H,3-4,7-9H2,1-2H3. The smallest absolute Gasteiger partial charge is 0.124 e. The third-order valence-electron chi connectivity index (χ3n) is 3.60. The molecule has 1 fully saturated rings. The molecule has 1 aliphatic rings. The van der Waals surface area contributed by atoms with Crippen LogP contribution in [0.25, 0.3) is 0 Å². The van der Waals surface area contributed by atoms with Crippen LogP contribution in [0.2, 0.25) is 5.02 Å². The van der Waals surface area contributed by atoms with Crippen LogP contribution in [0.15, 0.2) is 18.2 Å². The summed E-state index contributed by atoms with van der Waals surface area (Å²) in [6.07, 6.45) is 4.67. The highest BCUT2D eigenvalue weighted by atomic mass is 35.5. The number of benzene rings is 1. The van der Waals surface area contributed by atoms with E-state index in [1.807, 2.05) is 18.2 Å². The highest BCUT2D eigenvalue weighted by Crippen LogP contribution is 2.41. The number of hydrogen-bond donors (Lipinski definition) is 1. The van der Waals surface area contributed by atoms with E-state index in [-0.39, 0.29) is 5.54 Å². The summed E-state index contributed by atoms with van der Waals surface area (Å²) < 4.78 is 5.49. The lowest BCUT2D eigenvalue weighted by molar-refractivity contribution is 0.329. The third kappa shape index (κ3) is 2.43. The molecule has 0 saturated carbocycles. The van der Waals surface area contributed by atoms with Crippen molar-refractivity contribution >= 4 is 11.6 Å². The Morgan fingerprint density at radius 2 is 2.29 bits per heavy atom. The number of hydrogen-bond acceptors (Lipinski definition) is 2.